The second-order valence-corrected chi connectivity index (χ2v) is 5.43. The summed E-state index contributed by atoms with van der Waals surface area (Å²) in [6.45, 7) is 5.21. The zero-order chi connectivity index (χ0) is 12.6. The van der Waals surface area contributed by atoms with Crippen molar-refractivity contribution in [2.24, 2.45) is 11.3 Å². The third kappa shape index (κ3) is 2.63. The van der Waals surface area contributed by atoms with Gasteiger partial charge < -0.3 is 4.74 Å². The minimum absolute atomic E-state index is 0. The van der Waals surface area contributed by atoms with E-state index in [2.05, 4.69) is 29.2 Å². The molecule has 0 amide bonds. The van der Waals surface area contributed by atoms with Crippen molar-refractivity contribution in [1.82, 2.24) is 4.90 Å². The van der Waals surface area contributed by atoms with Crippen LogP contribution < -0.4 is 0 Å². The molecule has 1 aliphatic carbocycles. The molecule has 3 nitrogen and oxygen atoms in total. The molecule has 1 aliphatic heterocycles. The number of carbonyl (C=O) groups is 1. The van der Waals surface area contributed by atoms with Crippen LogP contribution in [0.25, 0.3) is 0 Å². The van der Waals surface area contributed by atoms with Crippen molar-refractivity contribution >= 4 is 18.4 Å². The van der Waals surface area contributed by atoms with Crippen molar-refractivity contribution in [3.8, 4) is 0 Å². The molecule has 0 bridgehead atoms. The van der Waals surface area contributed by atoms with Crippen LogP contribution in [0.15, 0.2) is 30.3 Å². The van der Waals surface area contributed by atoms with Crippen molar-refractivity contribution in [3.05, 3.63) is 35.9 Å². The first-order valence-corrected chi connectivity index (χ1v) is 6.68. The maximum Gasteiger partial charge on any atom is 0.313 e. The predicted octanol–water partition coefficient (Wildman–Crippen LogP) is 2.49. The largest absolute Gasteiger partial charge is 0.466 e. The Kier molecular flexibility index (Phi) is 4.16. The monoisotopic (exact) mass is 281 g/mol. The summed E-state index contributed by atoms with van der Waals surface area (Å²) in [7, 11) is 0. The Hall–Kier alpha value is -1.06. The average molecular weight is 282 g/mol. The Morgan fingerprint density at radius 3 is 2.84 bits per heavy atom. The number of carbonyl (C=O) groups excluding carboxylic acids is 1. The lowest BCUT2D eigenvalue weighted by Crippen LogP contribution is -2.29. The highest BCUT2D eigenvalue weighted by molar-refractivity contribution is 5.85. The molecular formula is C15H20ClNO2. The molecule has 1 aromatic rings. The van der Waals surface area contributed by atoms with Gasteiger partial charge in [-0.2, -0.15) is 0 Å². The van der Waals surface area contributed by atoms with Gasteiger partial charge in [0.05, 0.1) is 12.0 Å². The van der Waals surface area contributed by atoms with Gasteiger partial charge in [0.25, 0.3) is 0 Å². The summed E-state index contributed by atoms with van der Waals surface area (Å²) in [6, 6.07) is 10.4. The van der Waals surface area contributed by atoms with Gasteiger partial charge in [-0.05, 0) is 24.8 Å². The summed E-state index contributed by atoms with van der Waals surface area (Å²) < 4.78 is 5.20. The SMILES string of the molecule is CCOC(=O)[C@@]12C[C@@H]1CN(Cc1ccccc1)C2.Cl. The molecule has 0 N–H and O–H groups in total. The van der Waals surface area contributed by atoms with Gasteiger partial charge in [0, 0.05) is 19.6 Å². The van der Waals surface area contributed by atoms with Crippen LogP contribution >= 0.6 is 12.4 Å². The fourth-order valence-corrected chi connectivity index (χ4v) is 3.14. The topological polar surface area (TPSA) is 29.5 Å². The molecule has 19 heavy (non-hydrogen) atoms. The normalized spacial score (nSPS) is 28.4. The van der Waals surface area contributed by atoms with Crippen LogP contribution in [0.3, 0.4) is 0 Å². The van der Waals surface area contributed by atoms with Gasteiger partial charge in [0.2, 0.25) is 0 Å². The molecular weight excluding hydrogens is 262 g/mol. The number of esters is 1. The number of benzene rings is 1. The first-order valence-electron chi connectivity index (χ1n) is 6.68. The summed E-state index contributed by atoms with van der Waals surface area (Å²) in [5, 5.41) is 0. The molecule has 2 fully saturated rings. The average Bonchev–Trinajstić information content (AvgIpc) is 2.95. The zero-order valence-corrected chi connectivity index (χ0v) is 12.0. The lowest BCUT2D eigenvalue weighted by atomic mass is 10.1. The third-order valence-corrected chi connectivity index (χ3v) is 4.15. The number of piperidine rings is 1. The summed E-state index contributed by atoms with van der Waals surface area (Å²) in [5.41, 5.74) is 1.16. The summed E-state index contributed by atoms with van der Waals surface area (Å²) in [5.74, 6) is 0.547. The predicted molar refractivity (Wildman–Crippen MR) is 76.1 cm³/mol. The fourth-order valence-electron chi connectivity index (χ4n) is 3.14. The Bertz CT molecular complexity index is 451. The number of hydrogen-bond donors (Lipinski definition) is 0. The molecule has 0 spiro atoms. The van der Waals surface area contributed by atoms with Crippen molar-refractivity contribution in [1.29, 1.82) is 0 Å². The van der Waals surface area contributed by atoms with Crippen LogP contribution in [0.5, 0.6) is 0 Å². The standard InChI is InChI=1S/C15H19NO2.ClH/c1-2-18-14(17)15-8-13(15)10-16(11-15)9-12-6-4-3-5-7-12;/h3-7,13H,2,8-11H2,1H3;1H/t13-,15-;/m1./s1. The van der Waals surface area contributed by atoms with Crippen LogP contribution in [-0.2, 0) is 16.1 Å². The number of fused-ring (bicyclic) bond motifs is 1. The number of nitrogens with zero attached hydrogens (tertiary/aromatic N) is 1. The highest BCUT2D eigenvalue weighted by atomic mass is 35.5. The minimum atomic E-state index is -0.162. The Morgan fingerprint density at radius 2 is 2.16 bits per heavy atom. The molecule has 1 saturated heterocycles. The number of hydrogen-bond acceptors (Lipinski definition) is 3. The van der Waals surface area contributed by atoms with Gasteiger partial charge in [-0.3, -0.25) is 9.69 Å². The van der Waals surface area contributed by atoms with E-state index in [4.69, 9.17) is 4.74 Å². The Balaban J connectivity index is 0.00000133. The van der Waals surface area contributed by atoms with E-state index in [0.717, 1.165) is 26.1 Å². The highest BCUT2D eigenvalue weighted by Crippen LogP contribution is 2.58. The van der Waals surface area contributed by atoms with Crippen LogP contribution in [0, 0.1) is 11.3 Å². The van der Waals surface area contributed by atoms with Gasteiger partial charge in [0.1, 0.15) is 0 Å². The van der Waals surface area contributed by atoms with Crippen LogP contribution in [0.2, 0.25) is 0 Å². The second-order valence-electron chi connectivity index (χ2n) is 5.43. The number of likely N-dealkylation sites (tertiary alicyclic amines) is 1. The first kappa shape index (κ1) is 14.4. The van der Waals surface area contributed by atoms with E-state index in [-0.39, 0.29) is 23.8 Å². The number of halogens is 1. The second kappa shape index (κ2) is 5.51. The smallest absolute Gasteiger partial charge is 0.313 e. The van der Waals surface area contributed by atoms with E-state index >= 15 is 0 Å². The van der Waals surface area contributed by atoms with Gasteiger partial charge in [-0.25, -0.2) is 0 Å². The molecule has 3 rings (SSSR count). The van der Waals surface area contributed by atoms with Gasteiger partial charge >= 0.3 is 5.97 Å². The van der Waals surface area contributed by atoms with E-state index in [0.29, 0.717) is 12.5 Å². The highest BCUT2D eigenvalue weighted by Gasteiger charge is 2.65. The van der Waals surface area contributed by atoms with E-state index in [9.17, 15) is 4.79 Å². The van der Waals surface area contributed by atoms with Crippen molar-refractivity contribution in [2.75, 3.05) is 19.7 Å². The molecule has 1 saturated carbocycles. The molecule has 0 unspecified atom stereocenters. The molecule has 1 aromatic carbocycles. The third-order valence-electron chi connectivity index (χ3n) is 4.15. The minimum Gasteiger partial charge on any atom is -0.466 e. The van der Waals surface area contributed by atoms with Gasteiger partial charge in [-0.15, -0.1) is 12.4 Å². The van der Waals surface area contributed by atoms with E-state index in [1.807, 2.05) is 13.0 Å². The molecule has 2 atom stereocenters. The molecule has 0 aromatic heterocycles. The van der Waals surface area contributed by atoms with E-state index in [1.54, 1.807) is 0 Å². The van der Waals surface area contributed by atoms with Crippen molar-refractivity contribution in [3.63, 3.8) is 0 Å². The summed E-state index contributed by atoms with van der Waals surface area (Å²) in [6.07, 6.45) is 1.02. The molecule has 4 heteroatoms. The van der Waals surface area contributed by atoms with Gasteiger partial charge in [0.15, 0.2) is 0 Å². The van der Waals surface area contributed by atoms with Crippen LogP contribution in [0.1, 0.15) is 18.9 Å². The summed E-state index contributed by atoms with van der Waals surface area (Å²) >= 11 is 0. The molecule has 0 radical (unpaired) electrons. The zero-order valence-electron chi connectivity index (χ0n) is 11.2. The van der Waals surface area contributed by atoms with Crippen molar-refractivity contribution < 1.29 is 9.53 Å². The number of ether oxygens (including phenoxy) is 1. The van der Waals surface area contributed by atoms with E-state index in [1.165, 1.54) is 5.56 Å². The first-order chi connectivity index (χ1) is 8.74. The lowest BCUT2D eigenvalue weighted by Gasteiger charge is -2.19. The maximum atomic E-state index is 12.0. The van der Waals surface area contributed by atoms with E-state index < -0.39 is 0 Å². The molecule has 104 valence electrons. The van der Waals surface area contributed by atoms with Crippen LogP contribution in [0.4, 0.5) is 0 Å². The number of rotatable bonds is 4. The molecule has 2 aliphatic rings. The Morgan fingerprint density at radius 1 is 1.42 bits per heavy atom. The van der Waals surface area contributed by atoms with Crippen LogP contribution in [-0.4, -0.2) is 30.6 Å². The summed E-state index contributed by atoms with van der Waals surface area (Å²) in [4.78, 5) is 14.3. The lowest BCUT2D eigenvalue weighted by molar-refractivity contribution is -0.149. The maximum absolute atomic E-state index is 12.0. The quantitative estimate of drug-likeness (QED) is 0.794. The van der Waals surface area contributed by atoms with Crippen molar-refractivity contribution in [2.45, 2.75) is 19.9 Å². The molecule has 1 heterocycles. The fraction of sp³-hybridized carbons (Fsp3) is 0.533. The Labute approximate surface area is 120 Å². The van der Waals surface area contributed by atoms with Gasteiger partial charge in [-0.1, -0.05) is 30.3 Å².